The summed E-state index contributed by atoms with van der Waals surface area (Å²) in [5, 5.41) is 14.6. The minimum atomic E-state index is -0.507. The van der Waals surface area contributed by atoms with Crippen LogP contribution in [0.15, 0.2) is 47.6 Å². The maximum absolute atomic E-state index is 11.7. The van der Waals surface area contributed by atoms with Gasteiger partial charge >= 0.3 is 0 Å². The molecule has 0 saturated heterocycles. The highest BCUT2D eigenvalue weighted by Crippen LogP contribution is 2.18. The van der Waals surface area contributed by atoms with Crippen molar-refractivity contribution in [2.45, 2.75) is 13.8 Å². The lowest BCUT2D eigenvalue weighted by molar-refractivity contribution is -0.385. The topological polar surface area (TPSA) is 93.8 Å². The van der Waals surface area contributed by atoms with Crippen LogP contribution in [-0.4, -0.2) is 23.7 Å². The summed E-state index contributed by atoms with van der Waals surface area (Å²) in [4.78, 5) is 22.1. The van der Waals surface area contributed by atoms with Crippen LogP contribution >= 0.6 is 0 Å². The molecule has 7 nitrogen and oxygen atoms in total. The molecule has 0 aliphatic carbocycles. The summed E-state index contributed by atoms with van der Waals surface area (Å²) in [5.41, 5.74) is 4.47. The summed E-state index contributed by atoms with van der Waals surface area (Å²) in [7, 11) is 0. The first-order valence-electron chi connectivity index (χ1n) is 7.23. The number of aryl methyl sites for hydroxylation is 2. The third-order valence-electron chi connectivity index (χ3n) is 3.23. The van der Waals surface area contributed by atoms with Gasteiger partial charge in [-0.05, 0) is 37.1 Å². The zero-order valence-electron chi connectivity index (χ0n) is 13.4. The summed E-state index contributed by atoms with van der Waals surface area (Å²) in [6.45, 7) is 3.63. The number of nitro groups is 1. The van der Waals surface area contributed by atoms with Crippen LogP contribution in [-0.2, 0) is 4.79 Å². The van der Waals surface area contributed by atoms with Crippen molar-refractivity contribution in [2.24, 2.45) is 5.10 Å². The van der Waals surface area contributed by atoms with E-state index in [1.54, 1.807) is 18.2 Å². The van der Waals surface area contributed by atoms with Gasteiger partial charge in [-0.15, -0.1) is 0 Å². The Labute approximate surface area is 139 Å². The number of hydrazone groups is 1. The van der Waals surface area contributed by atoms with Crippen LogP contribution in [0.25, 0.3) is 0 Å². The fourth-order valence-corrected chi connectivity index (χ4v) is 1.98. The minimum absolute atomic E-state index is 0.0814. The van der Waals surface area contributed by atoms with E-state index >= 15 is 0 Å². The fourth-order valence-electron chi connectivity index (χ4n) is 1.98. The van der Waals surface area contributed by atoms with E-state index in [9.17, 15) is 14.9 Å². The van der Waals surface area contributed by atoms with Crippen molar-refractivity contribution < 1.29 is 14.5 Å². The molecule has 7 heteroatoms. The molecular weight excluding hydrogens is 310 g/mol. The van der Waals surface area contributed by atoms with Gasteiger partial charge in [-0.3, -0.25) is 14.9 Å². The van der Waals surface area contributed by atoms with Crippen molar-refractivity contribution in [3.05, 3.63) is 69.3 Å². The maximum Gasteiger partial charge on any atom is 0.278 e. The Hall–Kier alpha value is -3.22. The summed E-state index contributed by atoms with van der Waals surface area (Å²) in [6, 6.07) is 11.8. The first kappa shape index (κ1) is 17.1. The fraction of sp³-hybridized carbons (Fsp3) is 0.176. The number of ether oxygens (including phenoxy) is 1. The molecule has 1 N–H and O–H groups in total. The molecule has 2 aromatic carbocycles. The van der Waals surface area contributed by atoms with Gasteiger partial charge in [0, 0.05) is 6.07 Å². The molecule has 0 bridgehead atoms. The van der Waals surface area contributed by atoms with Crippen molar-refractivity contribution >= 4 is 17.8 Å². The molecule has 0 atom stereocenters. The van der Waals surface area contributed by atoms with Gasteiger partial charge in [0.05, 0.1) is 16.7 Å². The molecule has 0 aliphatic rings. The average Bonchev–Trinajstić information content (AvgIpc) is 2.56. The second-order valence-corrected chi connectivity index (χ2v) is 5.17. The van der Waals surface area contributed by atoms with Crippen molar-refractivity contribution in [1.82, 2.24) is 5.43 Å². The summed E-state index contributed by atoms with van der Waals surface area (Å²) in [5.74, 6) is 0.179. The van der Waals surface area contributed by atoms with Crippen LogP contribution in [0, 0.1) is 24.0 Å². The zero-order valence-corrected chi connectivity index (χ0v) is 13.4. The molecule has 0 heterocycles. The number of nitrogens with zero attached hydrogens (tertiary/aromatic N) is 2. The van der Waals surface area contributed by atoms with Crippen LogP contribution in [0.2, 0.25) is 0 Å². The van der Waals surface area contributed by atoms with E-state index in [-0.39, 0.29) is 12.3 Å². The van der Waals surface area contributed by atoms with Gasteiger partial charge in [0.1, 0.15) is 5.75 Å². The molecule has 0 spiro atoms. The van der Waals surface area contributed by atoms with Crippen molar-refractivity contribution in [3.8, 4) is 5.75 Å². The van der Waals surface area contributed by atoms with Crippen LogP contribution in [0.1, 0.15) is 16.7 Å². The van der Waals surface area contributed by atoms with Crippen molar-refractivity contribution in [2.75, 3.05) is 6.61 Å². The highest BCUT2D eigenvalue weighted by Gasteiger charge is 2.10. The van der Waals surface area contributed by atoms with Crippen molar-refractivity contribution in [3.63, 3.8) is 0 Å². The number of hydrogen-bond donors (Lipinski definition) is 1. The van der Waals surface area contributed by atoms with Crippen LogP contribution in [0.5, 0.6) is 5.75 Å². The molecule has 0 saturated carbocycles. The zero-order chi connectivity index (χ0) is 17.5. The lowest BCUT2D eigenvalue weighted by Crippen LogP contribution is -2.24. The number of para-hydroxylation sites is 1. The quantitative estimate of drug-likeness (QED) is 0.501. The van der Waals surface area contributed by atoms with Gasteiger partial charge in [-0.2, -0.15) is 5.10 Å². The standard InChI is InChI=1S/C17H17N3O4/c1-12-7-8-13(2)16(9-12)24-11-17(21)19-18-10-14-5-3-4-6-15(14)20(22)23/h3-10H,11H2,1-2H3,(H,19,21)/b18-10-. The highest BCUT2D eigenvalue weighted by molar-refractivity contribution is 5.86. The van der Waals surface area contributed by atoms with E-state index < -0.39 is 10.8 Å². The van der Waals surface area contributed by atoms with Gasteiger partial charge in [-0.25, -0.2) is 5.43 Å². The number of amides is 1. The van der Waals surface area contributed by atoms with Gasteiger partial charge in [0.25, 0.3) is 11.6 Å². The van der Waals surface area contributed by atoms with Crippen LogP contribution in [0.3, 0.4) is 0 Å². The predicted molar refractivity (Wildman–Crippen MR) is 90.2 cm³/mol. The van der Waals surface area contributed by atoms with Gasteiger partial charge in [0.15, 0.2) is 6.61 Å². The average molecular weight is 327 g/mol. The number of rotatable bonds is 6. The van der Waals surface area contributed by atoms with E-state index in [4.69, 9.17) is 4.74 Å². The molecular formula is C17H17N3O4. The first-order chi connectivity index (χ1) is 11.5. The third kappa shape index (κ3) is 4.64. The SMILES string of the molecule is Cc1ccc(C)c(OCC(=O)N/N=C\c2ccccc2[N+](=O)[O-])c1. The van der Waals surface area contributed by atoms with E-state index in [1.165, 1.54) is 12.3 Å². The lowest BCUT2D eigenvalue weighted by atomic mass is 10.1. The molecule has 0 aliphatic heterocycles. The second-order valence-electron chi connectivity index (χ2n) is 5.17. The molecule has 0 aromatic heterocycles. The first-order valence-corrected chi connectivity index (χ1v) is 7.23. The van der Waals surface area contributed by atoms with E-state index in [0.29, 0.717) is 11.3 Å². The smallest absolute Gasteiger partial charge is 0.278 e. The Morgan fingerprint density at radius 1 is 1.29 bits per heavy atom. The maximum atomic E-state index is 11.7. The number of carbonyl (C=O) groups excluding carboxylic acids is 1. The Kier molecular flexibility index (Phi) is 5.62. The minimum Gasteiger partial charge on any atom is -0.483 e. The molecule has 124 valence electrons. The Morgan fingerprint density at radius 2 is 2.04 bits per heavy atom. The Balaban J connectivity index is 1.92. The molecule has 0 radical (unpaired) electrons. The van der Waals surface area contributed by atoms with Gasteiger partial charge in [-0.1, -0.05) is 24.3 Å². The molecule has 2 aromatic rings. The van der Waals surface area contributed by atoms with Crippen LogP contribution < -0.4 is 10.2 Å². The molecule has 0 fully saturated rings. The highest BCUT2D eigenvalue weighted by atomic mass is 16.6. The normalized spacial score (nSPS) is 10.6. The van der Waals surface area contributed by atoms with Gasteiger partial charge in [0.2, 0.25) is 0 Å². The summed E-state index contributed by atoms with van der Waals surface area (Å²) < 4.78 is 5.45. The van der Waals surface area contributed by atoms with E-state index in [2.05, 4.69) is 10.5 Å². The molecule has 24 heavy (non-hydrogen) atoms. The molecule has 0 unspecified atom stereocenters. The van der Waals surface area contributed by atoms with E-state index in [1.807, 2.05) is 32.0 Å². The number of benzene rings is 2. The number of nitrogens with one attached hydrogen (secondary N) is 1. The van der Waals surface area contributed by atoms with Crippen LogP contribution in [0.4, 0.5) is 5.69 Å². The molecule has 2 rings (SSSR count). The largest absolute Gasteiger partial charge is 0.483 e. The monoisotopic (exact) mass is 327 g/mol. The summed E-state index contributed by atoms with van der Waals surface area (Å²) >= 11 is 0. The lowest BCUT2D eigenvalue weighted by Gasteiger charge is -2.08. The third-order valence-corrected chi connectivity index (χ3v) is 3.23. The van der Waals surface area contributed by atoms with Gasteiger partial charge < -0.3 is 4.74 Å². The number of carbonyl (C=O) groups is 1. The Bertz CT molecular complexity index is 787. The van der Waals surface area contributed by atoms with E-state index in [0.717, 1.165) is 11.1 Å². The second kappa shape index (κ2) is 7.87. The van der Waals surface area contributed by atoms with Crippen molar-refractivity contribution in [1.29, 1.82) is 0 Å². The summed E-state index contributed by atoms with van der Waals surface area (Å²) in [6.07, 6.45) is 1.23. The number of nitro benzene ring substituents is 1. The predicted octanol–water partition coefficient (Wildman–Crippen LogP) is 2.74. The Morgan fingerprint density at radius 3 is 2.79 bits per heavy atom. The molecule has 1 amide bonds. The number of hydrogen-bond acceptors (Lipinski definition) is 5.